The lowest BCUT2D eigenvalue weighted by Gasteiger charge is -2.24. The average Bonchev–Trinajstić information content (AvgIpc) is 2.76. The van der Waals surface area contributed by atoms with Crippen LogP contribution < -0.4 is 9.62 Å². The Morgan fingerprint density at radius 3 is 2.09 bits per heavy atom. The number of amides is 1. The van der Waals surface area contributed by atoms with Gasteiger partial charge < -0.3 is 5.32 Å². The second-order valence-electron chi connectivity index (χ2n) is 7.56. The number of benzene rings is 3. The number of nitrogens with zero attached hydrogens (tertiary/aromatic N) is 1. The second-order valence-corrected chi connectivity index (χ2v) is 10.3. The van der Waals surface area contributed by atoms with Crippen molar-refractivity contribution in [3.8, 4) is 0 Å². The summed E-state index contributed by atoms with van der Waals surface area (Å²) < 4.78 is 26.0. The minimum atomic E-state index is -3.65. The fourth-order valence-corrected chi connectivity index (χ4v) is 4.88. The zero-order valence-corrected chi connectivity index (χ0v) is 20.1. The number of hydrogen-bond acceptors (Lipinski definition) is 3. The maximum absolute atomic E-state index is 12.5. The van der Waals surface area contributed by atoms with Crippen molar-refractivity contribution in [1.82, 2.24) is 5.32 Å². The molecule has 1 amide bonds. The van der Waals surface area contributed by atoms with Crippen molar-refractivity contribution in [2.45, 2.75) is 19.4 Å². The molecule has 32 heavy (non-hydrogen) atoms. The van der Waals surface area contributed by atoms with E-state index < -0.39 is 10.0 Å². The Kier molecular flexibility index (Phi) is 7.82. The highest BCUT2D eigenvalue weighted by molar-refractivity contribution is 7.92. The monoisotopic (exact) mass is 490 g/mol. The van der Waals surface area contributed by atoms with Crippen molar-refractivity contribution in [2.24, 2.45) is 0 Å². The van der Waals surface area contributed by atoms with Gasteiger partial charge in [0, 0.05) is 12.1 Å². The van der Waals surface area contributed by atoms with Gasteiger partial charge in [-0.3, -0.25) is 9.10 Å². The summed E-state index contributed by atoms with van der Waals surface area (Å²) in [7, 11) is -3.65. The molecule has 0 radical (unpaired) electrons. The molecule has 0 aliphatic carbocycles. The SMILES string of the molecule is C[C@H](CNC(=O)c1ccc(CN(c2c(Cl)cccc2Cl)S(C)(=O)=O)cc1)c1ccccc1. The Balaban J connectivity index is 1.71. The first-order chi connectivity index (χ1) is 15.2. The first-order valence-electron chi connectivity index (χ1n) is 10.0. The van der Waals surface area contributed by atoms with Crippen LogP contribution in [0.5, 0.6) is 0 Å². The zero-order valence-electron chi connectivity index (χ0n) is 17.8. The number of halogens is 2. The van der Waals surface area contributed by atoms with E-state index in [2.05, 4.69) is 12.2 Å². The summed E-state index contributed by atoms with van der Waals surface area (Å²) >= 11 is 12.4. The third-order valence-corrected chi connectivity index (χ3v) is 6.79. The highest BCUT2D eigenvalue weighted by Gasteiger charge is 2.23. The number of para-hydroxylation sites is 1. The van der Waals surface area contributed by atoms with Gasteiger partial charge in [0.25, 0.3) is 5.91 Å². The number of carbonyl (C=O) groups is 1. The Labute approximate surface area is 199 Å². The van der Waals surface area contributed by atoms with Crippen LogP contribution >= 0.6 is 23.2 Å². The fourth-order valence-electron chi connectivity index (χ4n) is 3.26. The van der Waals surface area contributed by atoms with Crippen LogP contribution in [0.3, 0.4) is 0 Å². The molecule has 0 aromatic heterocycles. The first kappa shape index (κ1) is 24.1. The molecule has 0 unspecified atom stereocenters. The van der Waals surface area contributed by atoms with Gasteiger partial charge in [0.2, 0.25) is 10.0 Å². The summed E-state index contributed by atoms with van der Waals surface area (Å²) in [5.41, 5.74) is 2.58. The van der Waals surface area contributed by atoms with Crippen molar-refractivity contribution < 1.29 is 13.2 Å². The molecule has 3 aromatic rings. The molecule has 0 aliphatic rings. The number of sulfonamides is 1. The van der Waals surface area contributed by atoms with Gasteiger partial charge in [-0.15, -0.1) is 0 Å². The highest BCUT2D eigenvalue weighted by Crippen LogP contribution is 2.35. The van der Waals surface area contributed by atoms with Crippen LogP contribution in [0.15, 0.2) is 72.8 Å². The third kappa shape index (κ3) is 6.03. The van der Waals surface area contributed by atoms with Crippen molar-refractivity contribution >= 4 is 44.8 Å². The lowest BCUT2D eigenvalue weighted by atomic mass is 10.0. The van der Waals surface area contributed by atoms with Gasteiger partial charge in [0.05, 0.1) is 28.5 Å². The van der Waals surface area contributed by atoms with Gasteiger partial charge in [-0.2, -0.15) is 0 Å². The standard InChI is InChI=1S/C24H24Cl2N2O3S/c1-17(19-7-4-3-5-8-19)15-27-24(29)20-13-11-18(12-14-20)16-28(32(2,30)31)23-21(25)9-6-10-22(23)26/h3-14,17H,15-16H2,1-2H3,(H,27,29)/t17-/m1/s1. The summed E-state index contributed by atoms with van der Waals surface area (Å²) in [6, 6.07) is 21.6. The average molecular weight is 491 g/mol. The maximum Gasteiger partial charge on any atom is 0.251 e. The smallest absolute Gasteiger partial charge is 0.251 e. The summed E-state index contributed by atoms with van der Waals surface area (Å²) in [6.45, 7) is 2.60. The summed E-state index contributed by atoms with van der Waals surface area (Å²) in [5, 5.41) is 3.43. The first-order valence-corrected chi connectivity index (χ1v) is 12.6. The number of rotatable bonds is 8. The van der Waals surface area contributed by atoms with E-state index in [1.54, 1.807) is 42.5 Å². The second kappa shape index (κ2) is 10.4. The zero-order chi connectivity index (χ0) is 23.3. The van der Waals surface area contributed by atoms with E-state index in [4.69, 9.17) is 23.2 Å². The molecule has 168 valence electrons. The maximum atomic E-state index is 12.5. The van der Waals surface area contributed by atoms with Crippen LogP contribution in [-0.4, -0.2) is 27.1 Å². The fraction of sp³-hybridized carbons (Fsp3) is 0.208. The molecule has 0 fully saturated rings. The van der Waals surface area contributed by atoms with Crippen molar-refractivity contribution in [3.05, 3.63) is 99.5 Å². The Bertz CT molecular complexity index is 1160. The molecule has 0 saturated carbocycles. The molecule has 3 rings (SSSR count). The summed E-state index contributed by atoms with van der Waals surface area (Å²) in [6.07, 6.45) is 1.10. The molecule has 0 heterocycles. The van der Waals surface area contributed by atoms with Crippen LogP contribution in [0.1, 0.15) is 34.3 Å². The van der Waals surface area contributed by atoms with Gasteiger partial charge in [-0.05, 0) is 41.3 Å². The van der Waals surface area contributed by atoms with Gasteiger partial charge in [-0.25, -0.2) is 8.42 Å². The van der Waals surface area contributed by atoms with Crippen LogP contribution in [-0.2, 0) is 16.6 Å². The topological polar surface area (TPSA) is 66.5 Å². The van der Waals surface area contributed by atoms with E-state index >= 15 is 0 Å². The minimum Gasteiger partial charge on any atom is -0.351 e. The molecular weight excluding hydrogens is 467 g/mol. The van der Waals surface area contributed by atoms with Gasteiger partial charge in [0.1, 0.15) is 0 Å². The van der Waals surface area contributed by atoms with E-state index in [0.717, 1.165) is 16.1 Å². The van der Waals surface area contributed by atoms with Crippen molar-refractivity contribution in [3.63, 3.8) is 0 Å². The van der Waals surface area contributed by atoms with Crippen LogP contribution in [0.4, 0.5) is 5.69 Å². The quantitative estimate of drug-likeness (QED) is 0.453. The van der Waals surface area contributed by atoms with Crippen molar-refractivity contribution in [2.75, 3.05) is 17.1 Å². The molecule has 3 aromatic carbocycles. The normalized spacial score (nSPS) is 12.2. The molecule has 5 nitrogen and oxygen atoms in total. The number of hydrogen-bond donors (Lipinski definition) is 1. The summed E-state index contributed by atoms with van der Waals surface area (Å²) in [4.78, 5) is 12.5. The van der Waals surface area contributed by atoms with Gasteiger partial charge in [0.15, 0.2) is 0 Å². The van der Waals surface area contributed by atoms with Crippen molar-refractivity contribution in [1.29, 1.82) is 0 Å². The Hall–Kier alpha value is -2.54. The van der Waals surface area contributed by atoms with Gasteiger partial charge in [-0.1, -0.05) is 78.7 Å². The molecule has 0 saturated heterocycles. The van der Waals surface area contributed by atoms with Crippen LogP contribution in [0.2, 0.25) is 10.0 Å². The van der Waals surface area contributed by atoms with E-state index in [9.17, 15) is 13.2 Å². The molecule has 0 aliphatic heterocycles. The van der Waals surface area contributed by atoms with Gasteiger partial charge >= 0.3 is 0 Å². The molecule has 1 atom stereocenters. The largest absolute Gasteiger partial charge is 0.351 e. The summed E-state index contributed by atoms with van der Waals surface area (Å²) in [5.74, 6) is -0.00318. The molecule has 0 bridgehead atoms. The number of anilines is 1. The van der Waals surface area contributed by atoms with E-state index in [-0.39, 0.29) is 34.1 Å². The lowest BCUT2D eigenvalue weighted by Crippen LogP contribution is -2.30. The third-order valence-electron chi connectivity index (χ3n) is 5.07. The Morgan fingerprint density at radius 1 is 0.938 bits per heavy atom. The molecule has 0 spiro atoms. The van der Waals surface area contributed by atoms with E-state index in [1.165, 1.54) is 0 Å². The van der Waals surface area contributed by atoms with Crippen LogP contribution in [0, 0.1) is 0 Å². The predicted octanol–water partition coefficient (Wildman–Crippen LogP) is 5.49. The molecular formula is C24H24Cl2N2O3S. The Morgan fingerprint density at radius 2 is 1.53 bits per heavy atom. The van der Waals surface area contributed by atoms with Crippen LogP contribution in [0.25, 0.3) is 0 Å². The number of carbonyl (C=O) groups excluding carboxylic acids is 1. The minimum absolute atomic E-state index is 0.0369. The lowest BCUT2D eigenvalue weighted by molar-refractivity contribution is 0.0951. The predicted molar refractivity (Wildman–Crippen MR) is 131 cm³/mol. The molecule has 8 heteroatoms. The number of nitrogens with one attached hydrogen (secondary N) is 1. The van der Waals surface area contributed by atoms with E-state index in [1.807, 2.05) is 30.3 Å². The molecule has 1 N–H and O–H groups in total. The van der Waals surface area contributed by atoms with E-state index in [0.29, 0.717) is 17.7 Å². The highest BCUT2D eigenvalue weighted by atomic mass is 35.5.